The first kappa shape index (κ1) is 13.8. The molecular formula is C14H21N3O2. The number of morpholine rings is 1. The molecule has 5 nitrogen and oxygen atoms in total. The number of ether oxygens (including phenoxy) is 1. The highest BCUT2D eigenvalue weighted by molar-refractivity contribution is 5.51. The fraction of sp³-hybridized carbons (Fsp3) is 0.500. The van der Waals surface area contributed by atoms with Crippen molar-refractivity contribution in [2.24, 2.45) is 0 Å². The maximum Gasteiger partial charge on any atom is 0.158 e. The van der Waals surface area contributed by atoms with Gasteiger partial charge < -0.3 is 14.7 Å². The summed E-state index contributed by atoms with van der Waals surface area (Å²) < 4.78 is 5.40. The topological polar surface area (TPSA) is 61.4 Å². The van der Waals surface area contributed by atoms with Crippen LogP contribution < -0.4 is 15.5 Å². The number of aliphatic hydroxyl groups excluding tert-OH is 1. The van der Waals surface area contributed by atoms with Crippen LogP contribution in [0, 0.1) is 0 Å². The van der Waals surface area contributed by atoms with E-state index < -0.39 is 0 Å². The number of aromatic nitrogens is 2. The third kappa shape index (κ3) is 2.88. The molecule has 1 unspecified atom stereocenters. The average Bonchev–Trinajstić information content (AvgIpc) is 2.83. The minimum absolute atomic E-state index is 0.0384. The molecule has 2 N–H and O–H groups in total. The van der Waals surface area contributed by atoms with E-state index in [2.05, 4.69) is 34.7 Å². The summed E-state index contributed by atoms with van der Waals surface area (Å²) in [4.78, 5) is 2.10. The highest BCUT2D eigenvalue weighted by atomic mass is 16.5. The van der Waals surface area contributed by atoms with Gasteiger partial charge in [-0.25, -0.2) is 0 Å². The first-order chi connectivity index (χ1) is 9.31. The van der Waals surface area contributed by atoms with E-state index in [0.29, 0.717) is 13.2 Å². The second-order valence-corrected chi connectivity index (χ2v) is 4.49. The van der Waals surface area contributed by atoms with E-state index in [0.717, 1.165) is 29.4 Å². The first-order valence-corrected chi connectivity index (χ1v) is 6.64. The number of hydrogen-bond donors (Lipinski definition) is 2. The molecule has 0 saturated carbocycles. The predicted octanol–water partition coefficient (Wildman–Crippen LogP) is -0.236. The summed E-state index contributed by atoms with van der Waals surface area (Å²) in [6.45, 7) is 7.83. The number of nitrogens with one attached hydrogen (secondary N) is 1. The maximum absolute atomic E-state index is 9.46. The van der Waals surface area contributed by atoms with Crippen molar-refractivity contribution in [2.75, 3.05) is 31.3 Å². The molecule has 0 amide bonds. The van der Waals surface area contributed by atoms with Gasteiger partial charge in [0.25, 0.3) is 0 Å². The van der Waals surface area contributed by atoms with Gasteiger partial charge in [0.05, 0.1) is 31.2 Å². The van der Waals surface area contributed by atoms with E-state index >= 15 is 0 Å². The van der Waals surface area contributed by atoms with Crippen molar-refractivity contribution in [1.82, 2.24) is 10.2 Å². The molecule has 2 rings (SSSR count). The van der Waals surface area contributed by atoms with Crippen LogP contribution in [0.4, 0.5) is 5.82 Å². The Morgan fingerprint density at radius 2 is 2.47 bits per heavy atom. The molecule has 104 valence electrons. The number of nitrogens with zero attached hydrogens (tertiary/aromatic N) is 2. The van der Waals surface area contributed by atoms with Crippen molar-refractivity contribution < 1.29 is 9.84 Å². The summed E-state index contributed by atoms with van der Waals surface area (Å²) in [5, 5.41) is 18.9. The number of rotatable bonds is 4. The quantitative estimate of drug-likeness (QED) is 0.787. The van der Waals surface area contributed by atoms with Crippen molar-refractivity contribution >= 4 is 18.0 Å². The van der Waals surface area contributed by atoms with E-state index in [4.69, 9.17) is 4.74 Å². The zero-order chi connectivity index (χ0) is 13.7. The Morgan fingerprint density at radius 1 is 1.63 bits per heavy atom. The highest BCUT2D eigenvalue weighted by Gasteiger charge is 2.24. The largest absolute Gasteiger partial charge is 0.394 e. The van der Waals surface area contributed by atoms with Gasteiger partial charge in [0.2, 0.25) is 0 Å². The SMILES string of the molecule is C=CC=c1c(N2CCOCC2CO)n[nH]c1=CCC. The molecule has 0 bridgehead atoms. The number of H-pyrrole nitrogens is 1. The van der Waals surface area contributed by atoms with Crippen LogP contribution in [-0.4, -0.2) is 47.7 Å². The van der Waals surface area contributed by atoms with Crippen LogP contribution in [-0.2, 0) is 4.74 Å². The van der Waals surface area contributed by atoms with Crippen molar-refractivity contribution in [3.05, 3.63) is 23.2 Å². The Bertz CT molecular complexity index is 535. The Morgan fingerprint density at radius 3 is 3.16 bits per heavy atom. The van der Waals surface area contributed by atoms with E-state index in [1.807, 2.05) is 6.08 Å². The molecular weight excluding hydrogens is 242 g/mol. The molecule has 1 fully saturated rings. The van der Waals surface area contributed by atoms with Crippen molar-refractivity contribution in [3.8, 4) is 0 Å². The minimum Gasteiger partial charge on any atom is -0.394 e. The lowest BCUT2D eigenvalue weighted by molar-refractivity contribution is 0.0722. The third-order valence-corrected chi connectivity index (χ3v) is 3.22. The van der Waals surface area contributed by atoms with Gasteiger partial charge in [-0.05, 0) is 12.5 Å². The van der Waals surface area contributed by atoms with Gasteiger partial charge in [0.15, 0.2) is 5.82 Å². The summed E-state index contributed by atoms with van der Waals surface area (Å²) in [5.74, 6) is 0.863. The van der Waals surface area contributed by atoms with Gasteiger partial charge in [0, 0.05) is 11.8 Å². The summed E-state index contributed by atoms with van der Waals surface area (Å²) in [7, 11) is 0. The summed E-state index contributed by atoms with van der Waals surface area (Å²) in [6.07, 6.45) is 6.74. The Labute approximate surface area is 112 Å². The molecule has 1 saturated heterocycles. The Balaban J connectivity index is 2.47. The molecule has 0 aromatic carbocycles. The lowest BCUT2D eigenvalue weighted by atomic mass is 10.2. The van der Waals surface area contributed by atoms with Gasteiger partial charge in [-0.1, -0.05) is 25.7 Å². The smallest absolute Gasteiger partial charge is 0.158 e. The van der Waals surface area contributed by atoms with Gasteiger partial charge in [0.1, 0.15) is 0 Å². The van der Waals surface area contributed by atoms with Crippen LogP contribution in [0.2, 0.25) is 0 Å². The van der Waals surface area contributed by atoms with Crippen LogP contribution in [0.25, 0.3) is 12.2 Å². The normalized spacial score (nSPS) is 22.0. The van der Waals surface area contributed by atoms with Crippen LogP contribution in [0.1, 0.15) is 13.3 Å². The van der Waals surface area contributed by atoms with E-state index in [1.54, 1.807) is 6.08 Å². The zero-order valence-corrected chi connectivity index (χ0v) is 11.3. The van der Waals surface area contributed by atoms with Crippen LogP contribution in [0.3, 0.4) is 0 Å². The molecule has 1 aliphatic rings. The molecule has 0 radical (unpaired) electrons. The van der Waals surface area contributed by atoms with Gasteiger partial charge >= 0.3 is 0 Å². The number of anilines is 1. The number of allylic oxidation sites excluding steroid dienone is 1. The highest BCUT2D eigenvalue weighted by Crippen LogP contribution is 2.12. The predicted molar refractivity (Wildman–Crippen MR) is 76.3 cm³/mol. The average molecular weight is 263 g/mol. The first-order valence-electron chi connectivity index (χ1n) is 6.64. The molecule has 0 aliphatic carbocycles. The summed E-state index contributed by atoms with van der Waals surface area (Å²) >= 11 is 0. The molecule has 1 aromatic heterocycles. The van der Waals surface area contributed by atoms with Crippen molar-refractivity contribution in [2.45, 2.75) is 19.4 Å². The van der Waals surface area contributed by atoms with E-state index in [1.165, 1.54) is 0 Å². The molecule has 1 aromatic rings. The van der Waals surface area contributed by atoms with Gasteiger partial charge in [-0.15, -0.1) is 0 Å². The lowest BCUT2D eigenvalue weighted by Gasteiger charge is -2.34. The molecule has 1 aliphatic heterocycles. The number of aromatic amines is 1. The summed E-state index contributed by atoms with van der Waals surface area (Å²) in [6, 6.07) is -0.0384. The molecule has 2 heterocycles. The molecule has 19 heavy (non-hydrogen) atoms. The van der Waals surface area contributed by atoms with Crippen LogP contribution in [0.15, 0.2) is 12.7 Å². The standard InChI is InChI=1S/C14H21N3O2/c1-3-5-12-13(6-4-2)15-16-14(12)17-7-8-19-10-11(17)9-18/h3,5-6,11,15,18H,1,4,7-10H2,2H3. The zero-order valence-electron chi connectivity index (χ0n) is 11.3. The van der Waals surface area contributed by atoms with Gasteiger partial charge in [-0.3, -0.25) is 5.10 Å². The monoisotopic (exact) mass is 263 g/mol. The van der Waals surface area contributed by atoms with Gasteiger partial charge in [-0.2, -0.15) is 5.10 Å². The minimum atomic E-state index is -0.0384. The Kier molecular flexibility index (Phi) is 4.76. The number of aliphatic hydroxyl groups is 1. The van der Waals surface area contributed by atoms with E-state index in [-0.39, 0.29) is 12.6 Å². The third-order valence-electron chi connectivity index (χ3n) is 3.22. The van der Waals surface area contributed by atoms with Crippen molar-refractivity contribution in [3.63, 3.8) is 0 Å². The van der Waals surface area contributed by atoms with Crippen molar-refractivity contribution in [1.29, 1.82) is 0 Å². The summed E-state index contributed by atoms with van der Waals surface area (Å²) in [5.41, 5.74) is 0. The van der Waals surface area contributed by atoms with Crippen LogP contribution >= 0.6 is 0 Å². The fourth-order valence-corrected chi connectivity index (χ4v) is 2.30. The fourth-order valence-electron chi connectivity index (χ4n) is 2.30. The molecule has 0 spiro atoms. The Hall–Kier alpha value is -1.59. The van der Waals surface area contributed by atoms with E-state index in [9.17, 15) is 5.11 Å². The lowest BCUT2D eigenvalue weighted by Crippen LogP contribution is -2.49. The second-order valence-electron chi connectivity index (χ2n) is 4.49. The molecule has 5 heteroatoms. The molecule has 1 atom stereocenters. The number of hydrogen-bond acceptors (Lipinski definition) is 4. The van der Waals surface area contributed by atoms with Crippen LogP contribution in [0.5, 0.6) is 0 Å². The second kappa shape index (κ2) is 6.54. The maximum atomic E-state index is 9.46.